The Morgan fingerprint density at radius 3 is 2.52 bits per heavy atom. The number of hydrogen-bond acceptors (Lipinski definition) is 4. The van der Waals surface area contributed by atoms with Gasteiger partial charge in [-0.05, 0) is 49.2 Å². The number of carbonyl (C=O) groups excluding carboxylic acids is 2. The second-order valence-corrected chi connectivity index (χ2v) is 5.08. The fourth-order valence-corrected chi connectivity index (χ4v) is 1.87. The van der Waals surface area contributed by atoms with E-state index in [1.54, 1.807) is 19.9 Å². The van der Waals surface area contributed by atoms with Crippen molar-refractivity contribution in [2.45, 2.75) is 13.8 Å². The Balaban J connectivity index is 1.94. The molecular formula is C17H16FNO4. The van der Waals surface area contributed by atoms with E-state index in [9.17, 15) is 19.1 Å². The van der Waals surface area contributed by atoms with Gasteiger partial charge in [0.25, 0.3) is 5.91 Å². The van der Waals surface area contributed by atoms with E-state index in [0.717, 1.165) is 0 Å². The number of anilines is 1. The monoisotopic (exact) mass is 317 g/mol. The number of hydrogen-bond donors (Lipinski definition) is 2. The molecule has 0 saturated carbocycles. The summed E-state index contributed by atoms with van der Waals surface area (Å²) in [6.07, 6.45) is 0. The summed E-state index contributed by atoms with van der Waals surface area (Å²) in [6.45, 7) is 2.90. The lowest BCUT2D eigenvalue weighted by molar-refractivity contribution is -0.119. The zero-order valence-corrected chi connectivity index (χ0v) is 12.7. The quantitative estimate of drug-likeness (QED) is 0.850. The molecule has 2 aromatic rings. The molecule has 120 valence electrons. The first-order valence-corrected chi connectivity index (χ1v) is 6.89. The lowest BCUT2D eigenvalue weighted by atomic mass is 10.1. The molecule has 0 heterocycles. The molecule has 0 aliphatic heterocycles. The minimum absolute atomic E-state index is 0.0284. The number of halogens is 1. The molecule has 0 aliphatic carbocycles. The van der Waals surface area contributed by atoms with Crippen LogP contribution in [0, 0.1) is 19.7 Å². The average molecular weight is 317 g/mol. The van der Waals surface area contributed by atoms with E-state index in [-0.39, 0.29) is 11.3 Å². The first kappa shape index (κ1) is 16.5. The number of aryl methyl sites for hydroxylation is 2. The maximum absolute atomic E-state index is 13.1. The van der Waals surface area contributed by atoms with Crippen LogP contribution in [-0.2, 0) is 9.53 Å². The number of aromatic hydroxyl groups is 1. The van der Waals surface area contributed by atoms with Gasteiger partial charge >= 0.3 is 5.97 Å². The predicted molar refractivity (Wildman–Crippen MR) is 82.9 cm³/mol. The Morgan fingerprint density at radius 2 is 1.83 bits per heavy atom. The van der Waals surface area contributed by atoms with E-state index in [2.05, 4.69) is 5.32 Å². The largest absolute Gasteiger partial charge is 0.508 e. The highest BCUT2D eigenvalue weighted by molar-refractivity contribution is 5.96. The molecule has 2 rings (SSSR count). The Hall–Kier alpha value is -2.89. The average Bonchev–Trinajstić information content (AvgIpc) is 2.51. The molecule has 0 spiro atoms. The van der Waals surface area contributed by atoms with Crippen LogP contribution in [0.3, 0.4) is 0 Å². The van der Waals surface area contributed by atoms with Crippen LogP contribution in [0.15, 0.2) is 36.4 Å². The first-order valence-electron chi connectivity index (χ1n) is 6.89. The van der Waals surface area contributed by atoms with Crippen LogP contribution >= 0.6 is 0 Å². The minimum atomic E-state index is -0.730. The third-order valence-electron chi connectivity index (χ3n) is 3.25. The fraction of sp³-hybridized carbons (Fsp3) is 0.176. The second-order valence-electron chi connectivity index (χ2n) is 5.08. The van der Waals surface area contributed by atoms with Gasteiger partial charge in [0, 0.05) is 5.69 Å². The van der Waals surface area contributed by atoms with Crippen molar-refractivity contribution in [2.24, 2.45) is 0 Å². The summed E-state index contributed by atoms with van der Waals surface area (Å²) >= 11 is 0. The number of carbonyl (C=O) groups is 2. The van der Waals surface area contributed by atoms with Crippen molar-refractivity contribution in [2.75, 3.05) is 11.9 Å². The van der Waals surface area contributed by atoms with Crippen LogP contribution in [-0.4, -0.2) is 23.6 Å². The normalized spacial score (nSPS) is 10.2. The van der Waals surface area contributed by atoms with Gasteiger partial charge in [-0.2, -0.15) is 0 Å². The highest BCUT2D eigenvalue weighted by atomic mass is 19.1. The number of esters is 1. The molecule has 0 aliphatic rings. The Kier molecular flexibility index (Phi) is 4.95. The highest BCUT2D eigenvalue weighted by Gasteiger charge is 2.12. The summed E-state index contributed by atoms with van der Waals surface area (Å²) < 4.78 is 18.0. The Bertz CT molecular complexity index is 758. The summed E-state index contributed by atoms with van der Waals surface area (Å²) in [6, 6.07) is 8.34. The molecule has 1 amide bonds. The van der Waals surface area contributed by atoms with Gasteiger partial charge in [0.15, 0.2) is 6.61 Å². The number of rotatable bonds is 4. The topological polar surface area (TPSA) is 75.6 Å². The van der Waals surface area contributed by atoms with Gasteiger partial charge in [0.2, 0.25) is 0 Å². The molecular weight excluding hydrogens is 301 g/mol. The number of amides is 1. The van der Waals surface area contributed by atoms with E-state index >= 15 is 0 Å². The van der Waals surface area contributed by atoms with E-state index in [1.807, 2.05) is 0 Å². The molecule has 0 aromatic heterocycles. The van der Waals surface area contributed by atoms with E-state index in [4.69, 9.17) is 4.74 Å². The van der Waals surface area contributed by atoms with Gasteiger partial charge in [-0.1, -0.05) is 12.1 Å². The molecule has 6 heteroatoms. The van der Waals surface area contributed by atoms with Crippen molar-refractivity contribution < 1.29 is 23.8 Å². The van der Waals surface area contributed by atoms with Gasteiger partial charge in [-0.25, -0.2) is 9.18 Å². The molecule has 0 radical (unpaired) electrons. The summed E-state index contributed by atoms with van der Waals surface area (Å²) in [5.74, 6) is -1.81. The Morgan fingerprint density at radius 1 is 1.13 bits per heavy atom. The van der Waals surface area contributed by atoms with Crippen molar-refractivity contribution in [1.29, 1.82) is 0 Å². The van der Waals surface area contributed by atoms with Crippen molar-refractivity contribution in [3.8, 4) is 5.75 Å². The smallest absolute Gasteiger partial charge is 0.338 e. The molecule has 0 bridgehead atoms. The van der Waals surface area contributed by atoms with Crippen molar-refractivity contribution in [3.63, 3.8) is 0 Å². The van der Waals surface area contributed by atoms with Crippen LogP contribution in [0.4, 0.5) is 10.1 Å². The molecule has 2 N–H and O–H groups in total. The Labute approximate surface area is 132 Å². The third kappa shape index (κ3) is 4.29. The predicted octanol–water partition coefficient (Wildman–Crippen LogP) is 2.94. The zero-order valence-electron chi connectivity index (χ0n) is 12.7. The summed E-state index contributed by atoms with van der Waals surface area (Å²) in [5, 5.41) is 12.0. The van der Waals surface area contributed by atoms with Crippen molar-refractivity contribution >= 4 is 17.6 Å². The van der Waals surface area contributed by atoms with E-state index < -0.39 is 24.3 Å². The molecule has 23 heavy (non-hydrogen) atoms. The van der Waals surface area contributed by atoms with Crippen LogP contribution in [0.5, 0.6) is 5.75 Å². The van der Waals surface area contributed by atoms with Gasteiger partial charge < -0.3 is 15.2 Å². The third-order valence-corrected chi connectivity index (χ3v) is 3.25. The molecule has 0 atom stereocenters. The molecule has 2 aromatic carbocycles. The molecule has 5 nitrogen and oxygen atoms in total. The molecule has 0 fully saturated rings. The minimum Gasteiger partial charge on any atom is -0.508 e. The van der Waals surface area contributed by atoms with Crippen molar-refractivity contribution in [3.05, 3.63) is 58.9 Å². The summed E-state index contributed by atoms with van der Waals surface area (Å²) in [4.78, 5) is 23.6. The van der Waals surface area contributed by atoms with Gasteiger partial charge in [0.1, 0.15) is 11.6 Å². The summed E-state index contributed by atoms with van der Waals surface area (Å²) in [7, 11) is 0. The second kappa shape index (κ2) is 6.91. The molecule has 0 saturated heterocycles. The van der Waals surface area contributed by atoms with Crippen LogP contribution < -0.4 is 5.32 Å². The van der Waals surface area contributed by atoms with E-state index in [1.165, 1.54) is 30.3 Å². The van der Waals surface area contributed by atoms with Gasteiger partial charge in [0.05, 0.1) is 5.56 Å². The molecule has 0 unspecified atom stereocenters. The highest BCUT2D eigenvalue weighted by Crippen LogP contribution is 2.18. The lowest BCUT2D eigenvalue weighted by Gasteiger charge is -2.09. The standard InChI is InChI=1S/C17H16FNO4/c1-10-4-6-13(18)8-14(10)19-16(21)9-23-17(22)12-5-3-11(2)15(20)7-12/h3-8,20H,9H2,1-2H3,(H,19,21). The van der Waals surface area contributed by atoms with Crippen LogP contribution in [0.1, 0.15) is 21.5 Å². The van der Waals surface area contributed by atoms with E-state index in [0.29, 0.717) is 16.8 Å². The number of nitrogens with one attached hydrogen (secondary N) is 1. The zero-order chi connectivity index (χ0) is 17.0. The van der Waals surface area contributed by atoms with Crippen LogP contribution in [0.25, 0.3) is 0 Å². The van der Waals surface area contributed by atoms with Gasteiger partial charge in [-0.15, -0.1) is 0 Å². The lowest BCUT2D eigenvalue weighted by Crippen LogP contribution is -2.21. The maximum Gasteiger partial charge on any atom is 0.338 e. The summed E-state index contributed by atoms with van der Waals surface area (Å²) in [5.41, 5.74) is 1.78. The fourth-order valence-electron chi connectivity index (χ4n) is 1.87. The first-order chi connectivity index (χ1) is 10.9. The van der Waals surface area contributed by atoms with Gasteiger partial charge in [-0.3, -0.25) is 4.79 Å². The SMILES string of the molecule is Cc1ccc(C(=O)OCC(=O)Nc2cc(F)ccc2C)cc1O. The maximum atomic E-state index is 13.1. The number of benzene rings is 2. The number of phenols is 1. The van der Waals surface area contributed by atoms with Crippen LogP contribution in [0.2, 0.25) is 0 Å². The number of ether oxygens (including phenoxy) is 1. The van der Waals surface area contributed by atoms with Crippen molar-refractivity contribution in [1.82, 2.24) is 0 Å². The number of phenolic OH excluding ortho intramolecular Hbond substituents is 1.